The average Bonchev–Trinajstić information content (AvgIpc) is 3.10. The lowest BCUT2D eigenvalue weighted by atomic mass is 9.77. The van der Waals surface area contributed by atoms with Gasteiger partial charge in [0.25, 0.3) is 11.6 Å². The van der Waals surface area contributed by atoms with Crippen LogP contribution in [-0.2, 0) is 9.53 Å². The first kappa shape index (κ1) is 20.4. The van der Waals surface area contributed by atoms with E-state index in [1.165, 1.54) is 30.0 Å². The minimum Gasteiger partial charge on any atom is -0.467 e. The molecule has 1 saturated carbocycles. The van der Waals surface area contributed by atoms with Crippen molar-refractivity contribution in [2.24, 2.45) is 5.92 Å². The molecule has 0 spiro atoms. The molecule has 2 aromatic rings. The molecule has 1 amide bonds. The van der Waals surface area contributed by atoms with E-state index in [4.69, 9.17) is 4.74 Å². The second-order valence-electron chi connectivity index (χ2n) is 7.42. The number of carbonyl (C=O) groups excluding carboxylic acids is 2. The average molecular weight is 401 g/mol. The predicted molar refractivity (Wildman–Crippen MR) is 103 cm³/mol. The van der Waals surface area contributed by atoms with Crippen LogP contribution in [0.25, 0.3) is 5.69 Å². The van der Waals surface area contributed by atoms with E-state index < -0.39 is 22.3 Å². The summed E-state index contributed by atoms with van der Waals surface area (Å²) in [5.41, 5.74) is -0.299. The summed E-state index contributed by atoms with van der Waals surface area (Å²) in [6.07, 6.45) is 2.58. The maximum atomic E-state index is 12.9. The van der Waals surface area contributed by atoms with Crippen LogP contribution in [-0.4, -0.2) is 44.4 Å². The number of aromatic nitrogens is 3. The van der Waals surface area contributed by atoms with Crippen LogP contribution in [0.4, 0.5) is 5.69 Å². The minimum atomic E-state index is -1.08. The number of nitrogens with zero attached hydrogens (tertiary/aromatic N) is 4. The molecule has 0 bridgehead atoms. The van der Waals surface area contributed by atoms with Gasteiger partial charge in [0.15, 0.2) is 5.69 Å². The van der Waals surface area contributed by atoms with Gasteiger partial charge in [-0.2, -0.15) is 0 Å². The number of methoxy groups -OCH3 is 1. The van der Waals surface area contributed by atoms with Crippen molar-refractivity contribution in [2.75, 3.05) is 7.11 Å². The topological polar surface area (TPSA) is 129 Å². The molecule has 29 heavy (non-hydrogen) atoms. The fraction of sp³-hybridized carbons (Fsp3) is 0.474. The highest BCUT2D eigenvalue weighted by Gasteiger charge is 2.44. The molecule has 1 heterocycles. The van der Waals surface area contributed by atoms with Gasteiger partial charge in [0.2, 0.25) is 0 Å². The second-order valence-corrected chi connectivity index (χ2v) is 7.42. The zero-order valence-corrected chi connectivity index (χ0v) is 16.5. The molecule has 0 atom stereocenters. The number of benzene rings is 1. The van der Waals surface area contributed by atoms with Crippen molar-refractivity contribution in [3.63, 3.8) is 0 Å². The van der Waals surface area contributed by atoms with Crippen LogP contribution in [0.2, 0.25) is 0 Å². The van der Waals surface area contributed by atoms with Crippen molar-refractivity contribution in [1.82, 2.24) is 20.3 Å². The molecule has 10 heteroatoms. The predicted octanol–water partition coefficient (Wildman–Crippen LogP) is 2.34. The summed E-state index contributed by atoms with van der Waals surface area (Å²) in [5.74, 6) is -0.526. The smallest absolute Gasteiger partial charge is 0.331 e. The Kier molecular flexibility index (Phi) is 5.62. The SMILES string of the molecule is COC(=O)C1(NC(=O)c2nnn(-c3cccc([N+](=O)[O-])c3)c2C)CCC(C)CC1. The van der Waals surface area contributed by atoms with E-state index >= 15 is 0 Å². The van der Waals surface area contributed by atoms with Crippen molar-refractivity contribution >= 4 is 17.6 Å². The van der Waals surface area contributed by atoms with Crippen molar-refractivity contribution in [2.45, 2.75) is 45.1 Å². The van der Waals surface area contributed by atoms with E-state index in [-0.39, 0.29) is 11.4 Å². The Morgan fingerprint density at radius 1 is 1.34 bits per heavy atom. The number of hydrogen-bond acceptors (Lipinski definition) is 7. The van der Waals surface area contributed by atoms with Gasteiger partial charge in [-0.25, -0.2) is 9.48 Å². The number of amides is 1. The van der Waals surface area contributed by atoms with Gasteiger partial charge in [-0.1, -0.05) is 18.2 Å². The third-order valence-corrected chi connectivity index (χ3v) is 5.45. The Labute approximate surface area is 167 Å². The number of hydrogen-bond donors (Lipinski definition) is 1. The standard InChI is InChI=1S/C19H23N5O5/c1-12-7-9-19(10-8-12,18(26)29-3)20-17(25)16-13(2)23(22-21-16)14-5-4-6-15(11-14)24(27)28/h4-6,11-12H,7-10H2,1-3H3,(H,20,25). The Morgan fingerprint density at radius 2 is 2.03 bits per heavy atom. The number of ether oxygens (including phenoxy) is 1. The van der Waals surface area contributed by atoms with Gasteiger partial charge < -0.3 is 10.1 Å². The molecule has 0 aliphatic heterocycles. The molecule has 0 radical (unpaired) electrons. The van der Waals surface area contributed by atoms with E-state index in [0.29, 0.717) is 30.1 Å². The lowest BCUT2D eigenvalue weighted by molar-refractivity contribution is -0.384. The maximum Gasteiger partial charge on any atom is 0.331 e. The first-order valence-corrected chi connectivity index (χ1v) is 9.35. The molecule has 1 N–H and O–H groups in total. The normalized spacial score (nSPS) is 21.4. The Balaban J connectivity index is 1.88. The van der Waals surface area contributed by atoms with Crippen molar-refractivity contribution in [3.05, 3.63) is 45.8 Å². The molecule has 1 aromatic carbocycles. The Hall–Kier alpha value is -3.30. The van der Waals surface area contributed by atoms with Crippen LogP contribution < -0.4 is 5.32 Å². The van der Waals surface area contributed by atoms with Crippen LogP contribution >= 0.6 is 0 Å². The van der Waals surface area contributed by atoms with E-state index in [0.717, 1.165) is 12.8 Å². The van der Waals surface area contributed by atoms with Gasteiger partial charge in [-0.15, -0.1) is 5.10 Å². The molecule has 1 fully saturated rings. The zero-order valence-electron chi connectivity index (χ0n) is 16.5. The van der Waals surface area contributed by atoms with Gasteiger partial charge in [-0.05, 0) is 44.6 Å². The van der Waals surface area contributed by atoms with Crippen molar-refractivity contribution in [1.29, 1.82) is 0 Å². The van der Waals surface area contributed by atoms with E-state index in [9.17, 15) is 19.7 Å². The Morgan fingerprint density at radius 3 is 2.66 bits per heavy atom. The number of carbonyl (C=O) groups is 2. The third kappa shape index (κ3) is 3.96. The number of esters is 1. The zero-order chi connectivity index (χ0) is 21.2. The fourth-order valence-corrected chi connectivity index (χ4v) is 3.63. The van der Waals surface area contributed by atoms with Crippen LogP contribution in [0.3, 0.4) is 0 Å². The minimum absolute atomic E-state index is 0.0541. The van der Waals surface area contributed by atoms with Crippen LogP contribution in [0, 0.1) is 23.0 Å². The fourth-order valence-electron chi connectivity index (χ4n) is 3.63. The van der Waals surface area contributed by atoms with Crippen LogP contribution in [0.15, 0.2) is 24.3 Å². The van der Waals surface area contributed by atoms with Gasteiger partial charge in [0, 0.05) is 12.1 Å². The monoisotopic (exact) mass is 401 g/mol. The van der Waals surface area contributed by atoms with Crippen molar-refractivity contribution < 1.29 is 19.2 Å². The second kappa shape index (κ2) is 7.98. The molecule has 1 aromatic heterocycles. The number of rotatable bonds is 5. The molecule has 0 unspecified atom stereocenters. The van der Waals surface area contributed by atoms with Crippen LogP contribution in [0.5, 0.6) is 0 Å². The summed E-state index contributed by atoms with van der Waals surface area (Å²) >= 11 is 0. The first-order chi connectivity index (χ1) is 13.8. The molecule has 1 aliphatic carbocycles. The molecular formula is C19H23N5O5. The van der Waals surface area contributed by atoms with E-state index in [1.54, 1.807) is 13.0 Å². The Bertz CT molecular complexity index is 946. The highest BCUT2D eigenvalue weighted by atomic mass is 16.6. The summed E-state index contributed by atoms with van der Waals surface area (Å²) in [5, 5.41) is 21.7. The third-order valence-electron chi connectivity index (χ3n) is 5.45. The van der Waals surface area contributed by atoms with E-state index in [1.807, 2.05) is 0 Å². The quantitative estimate of drug-likeness (QED) is 0.462. The van der Waals surface area contributed by atoms with Crippen LogP contribution in [0.1, 0.15) is 48.8 Å². The maximum absolute atomic E-state index is 12.9. The molecule has 10 nitrogen and oxygen atoms in total. The first-order valence-electron chi connectivity index (χ1n) is 9.35. The number of nitrogens with one attached hydrogen (secondary N) is 1. The molecule has 3 rings (SSSR count). The summed E-state index contributed by atoms with van der Waals surface area (Å²) in [6, 6.07) is 5.88. The summed E-state index contributed by atoms with van der Waals surface area (Å²) < 4.78 is 6.30. The summed E-state index contributed by atoms with van der Waals surface area (Å²) in [4.78, 5) is 35.9. The molecular weight excluding hydrogens is 378 g/mol. The van der Waals surface area contributed by atoms with Gasteiger partial charge in [-0.3, -0.25) is 14.9 Å². The summed E-state index contributed by atoms with van der Waals surface area (Å²) in [6.45, 7) is 3.75. The number of non-ortho nitro benzene ring substituents is 1. The number of nitro groups is 1. The van der Waals surface area contributed by atoms with Gasteiger partial charge >= 0.3 is 5.97 Å². The largest absolute Gasteiger partial charge is 0.467 e. The molecule has 1 aliphatic rings. The van der Waals surface area contributed by atoms with E-state index in [2.05, 4.69) is 22.6 Å². The summed E-state index contributed by atoms with van der Waals surface area (Å²) in [7, 11) is 1.30. The van der Waals surface area contributed by atoms with Gasteiger partial charge in [0.05, 0.1) is 23.4 Å². The highest BCUT2D eigenvalue weighted by molar-refractivity contribution is 5.97. The molecule has 0 saturated heterocycles. The highest BCUT2D eigenvalue weighted by Crippen LogP contribution is 2.33. The lowest BCUT2D eigenvalue weighted by Gasteiger charge is -2.37. The van der Waals surface area contributed by atoms with Gasteiger partial charge in [0.1, 0.15) is 5.54 Å². The lowest BCUT2D eigenvalue weighted by Crippen LogP contribution is -2.57. The molecule has 154 valence electrons. The number of nitro benzene ring substituents is 1. The van der Waals surface area contributed by atoms with Crippen molar-refractivity contribution in [3.8, 4) is 5.69 Å².